The molecule has 1 atom stereocenters. The Morgan fingerprint density at radius 3 is 3.09 bits per heavy atom. The molecule has 6 heteroatoms. The second-order valence-corrected chi connectivity index (χ2v) is 5.65. The van der Waals surface area contributed by atoms with Crippen molar-refractivity contribution in [3.05, 3.63) is 23.8 Å². The molecule has 2 heterocycles. The summed E-state index contributed by atoms with van der Waals surface area (Å²) in [6.07, 6.45) is 2.72. The van der Waals surface area contributed by atoms with Crippen LogP contribution in [0.4, 0.5) is 5.69 Å². The number of carbonyl (C=O) groups is 1. The predicted octanol–water partition coefficient (Wildman–Crippen LogP) is 1.55. The van der Waals surface area contributed by atoms with Crippen LogP contribution in [-0.2, 0) is 11.3 Å². The number of guanidine groups is 1. The summed E-state index contributed by atoms with van der Waals surface area (Å²) in [4.78, 5) is 18.2. The van der Waals surface area contributed by atoms with E-state index in [0.717, 1.165) is 36.3 Å². The van der Waals surface area contributed by atoms with Crippen molar-refractivity contribution in [2.75, 3.05) is 13.2 Å². The van der Waals surface area contributed by atoms with Crippen molar-refractivity contribution in [3.8, 4) is 5.75 Å². The average Bonchev–Trinajstić information content (AvgIpc) is 2.79. The van der Waals surface area contributed by atoms with E-state index in [0.29, 0.717) is 19.1 Å². The zero-order chi connectivity index (χ0) is 15.5. The molecule has 1 saturated heterocycles. The molecule has 0 bridgehead atoms. The van der Waals surface area contributed by atoms with Crippen molar-refractivity contribution in [2.45, 2.75) is 38.8 Å². The van der Waals surface area contributed by atoms with Crippen molar-refractivity contribution in [1.29, 1.82) is 0 Å². The summed E-state index contributed by atoms with van der Waals surface area (Å²) in [6, 6.07) is 5.65. The Labute approximate surface area is 129 Å². The van der Waals surface area contributed by atoms with Gasteiger partial charge in [-0.2, -0.15) is 0 Å². The number of hydrogen-bond acceptors (Lipinski definition) is 5. The number of aliphatic hydroxyl groups excluding tert-OH is 1. The summed E-state index contributed by atoms with van der Waals surface area (Å²) in [6.45, 7) is 3.42. The van der Waals surface area contributed by atoms with Gasteiger partial charge in [0.25, 0.3) is 0 Å². The molecular weight excluding hydrogens is 282 g/mol. The molecule has 0 spiro atoms. The molecule has 22 heavy (non-hydrogen) atoms. The molecule has 1 aromatic rings. The number of aliphatic imine (C=N–C) groups is 1. The Hall–Kier alpha value is -2.08. The third-order valence-electron chi connectivity index (χ3n) is 4.04. The number of ether oxygens (including phenoxy) is 1. The Balaban J connectivity index is 1.65. The summed E-state index contributed by atoms with van der Waals surface area (Å²) in [5.41, 5.74) is 1.95. The standard InChI is InChI=1S/C16H21N3O3/c1-11-15(21)18-16-17-14-6-5-13(9-12(14)10-19(11)16)22-8-4-2-3-7-20/h5-6,9,11,20H,2-4,7-8,10H2,1H3,(H,17,18,21). The van der Waals surface area contributed by atoms with Crippen LogP contribution in [0.2, 0.25) is 0 Å². The summed E-state index contributed by atoms with van der Waals surface area (Å²) in [7, 11) is 0. The van der Waals surface area contributed by atoms with Gasteiger partial charge in [0.2, 0.25) is 11.9 Å². The Kier molecular flexibility index (Phi) is 4.29. The lowest BCUT2D eigenvalue weighted by molar-refractivity contribution is -0.121. The highest BCUT2D eigenvalue weighted by molar-refractivity contribution is 6.07. The number of carbonyl (C=O) groups excluding carboxylic acids is 1. The van der Waals surface area contributed by atoms with Crippen LogP contribution < -0.4 is 10.1 Å². The third-order valence-corrected chi connectivity index (χ3v) is 4.04. The number of rotatable bonds is 6. The summed E-state index contributed by atoms with van der Waals surface area (Å²) in [5.74, 6) is 1.46. The lowest BCUT2D eigenvalue weighted by atomic mass is 10.1. The number of benzene rings is 1. The predicted molar refractivity (Wildman–Crippen MR) is 83.1 cm³/mol. The number of hydrogen-bond donors (Lipinski definition) is 2. The highest BCUT2D eigenvalue weighted by Crippen LogP contribution is 2.31. The molecule has 2 aliphatic rings. The van der Waals surface area contributed by atoms with Gasteiger partial charge in [-0.25, -0.2) is 4.99 Å². The van der Waals surface area contributed by atoms with Gasteiger partial charge in [0, 0.05) is 18.7 Å². The second-order valence-electron chi connectivity index (χ2n) is 5.65. The first-order valence-corrected chi connectivity index (χ1v) is 7.72. The zero-order valence-electron chi connectivity index (χ0n) is 12.7. The van der Waals surface area contributed by atoms with E-state index in [9.17, 15) is 4.79 Å². The van der Waals surface area contributed by atoms with Gasteiger partial charge in [-0.3, -0.25) is 10.1 Å². The van der Waals surface area contributed by atoms with Crippen LogP contribution in [0.1, 0.15) is 31.7 Å². The van der Waals surface area contributed by atoms with Gasteiger partial charge < -0.3 is 14.7 Å². The van der Waals surface area contributed by atoms with Gasteiger partial charge >= 0.3 is 0 Å². The van der Waals surface area contributed by atoms with E-state index in [1.54, 1.807) is 0 Å². The minimum absolute atomic E-state index is 0.00749. The quantitative estimate of drug-likeness (QED) is 0.782. The van der Waals surface area contributed by atoms with Gasteiger partial charge in [0.15, 0.2) is 0 Å². The first-order chi connectivity index (χ1) is 10.7. The van der Waals surface area contributed by atoms with Crippen molar-refractivity contribution >= 4 is 17.6 Å². The lowest BCUT2D eigenvalue weighted by Crippen LogP contribution is -2.35. The maximum Gasteiger partial charge on any atom is 0.249 e. The van der Waals surface area contributed by atoms with Gasteiger partial charge in [0.05, 0.1) is 12.3 Å². The number of nitrogens with zero attached hydrogens (tertiary/aromatic N) is 2. The molecule has 1 amide bonds. The Morgan fingerprint density at radius 1 is 1.41 bits per heavy atom. The minimum Gasteiger partial charge on any atom is -0.494 e. The molecule has 2 aliphatic heterocycles. The zero-order valence-corrected chi connectivity index (χ0v) is 12.7. The maximum absolute atomic E-state index is 11.7. The van der Waals surface area contributed by atoms with Crippen molar-refractivity contribution in [1.82, 2.24) is 10.2 Å². The molecule has 0 aliphatic carbocycles. The molecule has 1 aromatic carbocycles. The maximum atomic E-state index is 11.7. The molecule has 1 fully saturated rings. The molecule has 6 nitrogen and oxygen atoms in total. The summed E-state index contributed by atoms with van der Waals surface area (Å²) in [5, 5.41) is 11.5. The Bertz CT molecular complexity index is 600. The van der Waals surface area contributed by atoms with Crippen molar-refractivity contribution in [3.63, 3.8) is 0 Å². The molecule has 2 N–H and O–H groups in total. The lowest BCUT2D eigenvalue weighted by Gasteiger charge is -2.26. The third kappa shape index (κ3) is 2.92. The van der Waals surface area contributed by atoms with Crippen LogP contribution in [0.5, 0.6) is 5.75 Å². The minimum atomic E-state index is -0.185. The van der Waals surface area contributed by atoms with Gasteiger partial charge in [-0.15, -0.1) is 0 Å². The van der Waals surface area contributed by atoms with Crippen LogP contribution in [-0.4, -0.2) is 41.1 Å². The average molecular weight is 303 g/mol. The fraction of sp³-hybridized carbons (Fsp3) is 0.500. The SMILES string of the molecule is CC1C(=O)NC2=Nc3ccc(OCCCCCO)cc3CN21. The molecule has 0 saturated carbocycles. The molecule has 3 rings (SSSR count). The summed E-state index contributed by atoms with van der Waals surface area (Å²) < 4.78 is 5.75. The smallest absolute Gasteiger partial charge is 0.249 e. The first kappa shape index (κ1) is 14.8. The summed E-state index contributed by atoms with van der Waals surface area (Å²) >= 11 is 0. The largest absolute Gasteiger partial charge is 0.494 e. The van der Waals surface area contributed by atoms with Gasteiger partial charge in [-0.1, -0.05) is 0 Å². The second kappa shape index (κ2) is 6.36. The van der Waals surface area contributed by atoms with Crippen LogP contribution in [0.3, 0.4) is 0 Å². The van der Waals surface area contributed by atoms with E-state index in [-0.39, 0.29) is 18.6 Å². The first-order valence-electron chi connectivity index (χ1n) is 7.72. The van der Waals surface area contributed by atoms with Crippen LogP contribution >= 0.6 is 0 Å². The normalized spacial score (nSPS) is 19.4. The molecule has 1 unspecified atom stereocenters. The van der Waals surface area contributed by atoms with Gasteiger partial charge in [-0.05, 0) is 44.4 Å². The Morgan fingerprint density at radius 2 is 2.27 bits per heavy atom. The van der Waals surface area contributed by atoms with E-state index in [4.69, 9.17) is 9.84 Å². The monoisotopic (exact) mass is 303 g/mol. The fourth-order valence-corrected chi connectivity index (χ4v) is 2.68. The highest BCUT2D eigenvalue weighted by atomic mass is 16.5. The number of amides is 1. The van der Waals surface area contributed by atoms with E-state index < -0.39 is 0 Å². The van der Waals surface area contributed by atoms with Crippen LogP contribution in [0.25, 0.3) is 0 Å². The number of fused-ring (bicyclic) bond motifs is 2. The highest BCUT2D eigenvalue weighted by Gasteiger charge is 2.35. The molecular formula is C16H21N3O3. The molecule has 0 radical (unpaired) electrons. The fourth-order valence-electron chi connectivity index (χ4n) is 2.68. The van der Waals surface area contributed by atoms with Gasteiger partial charge in [0.1, 0.15) is 11.8 Å². The number of unbranched alkanes of at least 4 members (excludes halogenated alkanes) is 2. The van der Waals surface area contributed by atoms with Crippen molar-refractivity contribution < 1.29 is 14.6 Å². The number of nitrogens with one attached hydrogen (secondary N) is 1. The number of aliphatic hydroxyl groups is 1. The van der Waals surface area contributed by atoms with E-state index >= 15 is 0 Å². The van der Waals surface area contributed by atoms with E-state index in [2.05, 4.69) is 10.3 Å². The van der Waals surface area contributed by atoms with E-state index in [1.807, 2.05) is 30.0 Å². The van der Waals surface area contributed by atoms with Crippen LogP contribution in [0.15, 0.2) is 23.2 Å². The van der Waals surface area contributed by atoms with E-state index in [1.165, 1.54) is 0 Å². The van der Waals surface area contributed by atoms with Crippen LogP contribution in [0, 0.1) is 0 Å². The van der Waals surface area contributed by atoms with Crippen molar-refractivity contribution in [2.24, 2.45) is 4.99 Å². The molecule has 0 aromatic heterocycles. The topological polar surface area (TPSA) is 74.2 Å². The molecule has 118 valence electrons.